The molecule has 1 heterocycles. The summed E-state index contributed by atoms with van der Waals surface area (Å²) >= 11 is 0. The number of rotatable bonds is 4. The maximum absolute atomic E-state index is 11.0. The fraction of sp³-hybridized carbons (Fsp3) is 0.0870. The predicted octanol–water partition coefficient (Wildman–Crippen LogP) is 4.73. The molecule has 0 fully saturated rings. The summed E-state index contributed by atoms with van der Waals surface area (Å²) in [6.45, 7) is 3.95. The van der Waals surface area contributed by atoms with E-state index in [1.165, 1.54) is 12.1 Å². The van der Waals surface area contributed by atoms with Crippen LogP contribution in [0.1, 0.15) is 38.4 Å². The third kappa shape index (κ3) is 3.56. The van der Waals surface area contributed by atoms with Gasteiger partial charge in [0.1, 0.15) is 0 Å². The lowest BCUT2D eigenvalue weighted by molar-refractivity contribution is 0.0697. The molecule has 5 heteroatoms. The van der Waals surface area contributed by atoms with Crippen LogP contribution in [-0.4, -0.2) is 15.6 Å². The van der Waals surface area contributed by atoms with Crippen LogP contribution in [0.3, 0.4) is 0 Å². The zero-order valence-electron chi connectivity index (χ0n) is 15.5. The van der Waals surface area contributed by atoms with Gasteiger partial charge in [-0.3, -0.25) is 0 Å². The van der Waals surface area contributed by atoms with Crippen molar-refractivity contribution in [1.29, 1.82) is 10.5 Å². The van der Waals surface area contributed by atoms with E-state index in [-0.39, 0.29) is 5.56 Å². The summed E-state index contributed by atoms with van der Waals surface area (Å²) < 4.78 is 2.06. The number of allylic oxidation sites excluding steroid dienone is 1. The molecule has 0 unspecified atom stereocenters. The van der Waals surface area contributed by atoms with Crippen LogP contribution >= 0.6 is 0 Å². The number of aromatic carboxylic acids is 1. The first-order valence-electron chi connectivity index (χ1n) is 8.59. The molecule has 5 nitrogen and oxygen atoms in total. The van der Waals surface area contributed by atoms with Gasteiger partial charge < -0.3 is 9.67 Å². The summed E-state index contributed by atoms with van der Waals surface area (Å²) in [5, 5.41) is 27.6. The summed E-state index contributed by atoms with van der Waals surface area (Å²) in [5.41, 5.74) is 5.72. The Morgan fingerprint density at radius 2 is 1.61 bits per heavy atom. The highest BCUT2D eigenvalue weighted by atomic mass is 16.4. The first kappa shape index (κ1) is 18.7. The minimum Gasteiger partial charge on any atom is -0.478 e. The minimum absolute atomic E-state index is 0.181. The number of carboxylic acids is 1. The third-order valence-electron chi connectivity index (χ3n) is 4.59. The van der Waals surface area contributed by atoms with E-state index < -0.39 is 5.97 Å². The Labute approximate surface area is 163 Å². The van der Waals surface area contributed by atoms with Crippen LogP contribution < -0.4 is 0 Å². The van der Waals surface area contributed by atoms with Gasteiger partial charge in [0.2, 0.25) is 0 Å². The Bertz CT molecular complexity index is 1150. The SMILES string of the molecule is Cc1cc(/C=C(/C#N)c2ccc(C(=O)O)cc2)c(C)n1-c1ccc(C#N)cc1. The van der Waals surface area contributed by atoms with Crippen molar-refractivity contribution < 1.29 is 9.90 Å². The lowest BCUT2D eigenvalue weighted by atomic mass is 10.0. The van der Waals surface area contributed by atoms with Crippen molar-refractivity contribution in [2.45, 2.75) is 13.8 Å². The fourth-order valence-electron chi connectivity index (χ4n) is 3.14. The monoisotopic (exact) mass is 367 g/mol. The number of hydrogen-bond acceptors (Lipinski definition) is 3. The average Bonchev–Trinajstić information content (AvgIpc) is 2.99. The molecule has 3 aromatic rings. The highest BCUT2D eigenvalue weighted by Gasteiger charge is 2.11. The molecule has 28 heavy (non-hydrogen) atoms. The molecule has 3 rings (SSSR count). The Morgan fingerprint density at radius 3 is 2.14 bits per heavy atom. The van der Waals surface area contributed by atoms with E-state index in [2.05, 4.69) is 16.7 Å². The third-order valence-corrected chi connectivity index (χ3v) is 4.59. The number of nitrogens with zero attached hydrogens (tertiary/aromatic N) is 3. The van der Waals surface area contributed by atoms with Crippen LogP contribution in [0.15, 0.2) is 54.6 Å². The van der Waals surface area contributed by atoms with E-state index in [0.717, 1.165) is 22.6 Å². The van der Waals surface area contributed by atoms with Gasteiger partial charge in [0.15, 0.2) is 0 Å². The second-order valence-electron chi connectivity index (χ2n) is 6.37. The van der Waals surface area contributed by atoms with Gasteiger partial charge in [-0.1, -0.05) is 12.1 Å². The van der Waals surface area contributed by atoms with Gasteiger partial charge in [-0.2, -0.15) is 10.5 Å². The molecule has 136 valence electrons. The lowest BCUT2D eigenvalue weighted by Gasteiger charge is -2.09. The number of benzene rings is 2. The first-order valence-corrected chi connectivity index (χ1v) is 8.59. The number of nitriles is 2. The van der Waals surface area contributed by atoms with Crippen LogP contribution in [-0.2, 0) is 0 Å². The van der Waals surface area contributed by atoms with Crippen molar-refractivity contribution in [3.63, 3.8) is 0 Å². The molecular weight excluding hydrogens is 350 g/mol. The Hall–Kier alpha value is -4.09. The summed E-state index contributed by atoms with van der Waals surface area (Å²) in [5.74, 6) is -1.00. The fourth-order valence-corrected chi connectivity index (χ4v) is 3.14. The molecule has 0 bridgehead atoms. The van der Waals surface area contributed by atoms with Crippen LogP contribution in [0, 0.1) is 36.5 Å². The second-order valence-corrected chi connectivity index (χ2v) is 6.37. The van der Waals surface area contributed by atoms with E-state index in [0.29, 0.717) is 16.7 Å². The van der Waals surface area contributed by atoms with Gasteiger partial charge in [-0.05, 0) is 73.5 Å². The van der Waals surface area contributed by atoms with Gasteiger partial charge in [-0.25, -0.2) is 4.79 Å². The second kappa shape index (κ2) is 7.65. The van der Waals surface area contributed by atoms with Crippen molar-refractivity contribution in [2.24, 2.45) is 0 Å². The highest BCUT2D eigenvalue weighted by molar-refractivity contribution is 5.92. The van der Waals surface area contributed by atoms with Crippen LogP contribution in [0.25, 0.3) is 17.3 Å². The van der Waals surface area contributed by atoms with Gasteiger partial charge in [0.25, 0.3) is 0 Å². The standard InChI is InChI=1S/C23H17N3O2/c1-15-11-20(16(2)26(15)22-9-3-17(13-24)4-10-22)12-21(14-25)18-5-7-19(8-6-18)23(27)28/h3-12H,1-2H3,(H,27,28)/b21-12-. The zero-order valence-corrected chi connectivity index (χ0v) is 15.5. The van der Waals surface area contributed by atoms with Crippen LogP contribution in [0.2, 0.25) is 0 Å². The highest BCUT2D eigenvalue weighted by Crippen LogP contribution is 2.25. The molecule has 1 aromatic heterocycles. The Kier molecular flexibility index (Phi) is 5.11. The van der Waals surface area contributed by atoms with Crippen molar-refractivity contribution in [2.75, 3.05) is 0 Å². The van der Waals surface area contributed by atoms with E-state index in [4.69, 9.17) is 10.4 Å². The maximum Gasteiger partial charge on any atom is 0.335 e. The number of carboxylic acid groups (broad SMARTS) is 1. The molecule has 0 radical (unpaired) electrons. The van der Waals surface area contributed by atoms with Crippen molar-refractivity contribution in [3.05, 3.63) is 88.2 Å². The molecule has 0 aliphatic rings. The van der Waals surface area contributed by atoms with Gasteiger partial charge in [0.05, 0.1) is 28.8 Å². The number of aryl methyl sites for hydroxylation is 1. The molecule has 1 N–H and O–H groups in total. The molecule has 2 aromatic carbocycles. The number of aromatic nitrogens is 1. The van der Waals surface area contributed by atoms with Gasteiger partial charge >= 0.3 is 5.97 Å². The number of carbonyl (C=O) groups is 1. The van der Waals surface area contributed by atoms with Crippen LogP contribution in [0.5, 0.6) is 0 Å². The molecular formula is C23H17N3O2. The average molecular weight is 367 g/mol. The predicted molar refractivity (Wildman–Crippen MR) is 107 cm³/mol. The van der Waals surface area contributed by atoms with Crippen molar-refractivity contribution in [1.82, 2.24) is 4.57 Å². The quantitative estimate of drug-likeness (QED) is 0.675. The van der Waals surface area contributed by atoms with E-state index >= 15 is 0 Å². The summed E-state index contributed by atoms with van der Waals surface area (Å²) in [6, 6.07) is 19.9. The molecule has 0 aliphatic heterocycles. The minimum atomic E-state index is -1.00. The normalized spacial score (nSPS) is 10.9. The summed E-state index contributed by atoms with van der Waals surface area (Å²) in [6.07, 6.45) is 1.80. The molecule has 0 amide bonds. The van der Waals surface area contributed by atoms with Crippen molar-refractivity contribution >= 4 is 17.6 Å². The lowest BCUT2D eigenvalue weighted by Crippen LogP contribution is -1.99. The Morgan fingerprint density at radius 1 is 1.00 bits per heavy atom. The van der Waals surface area contributed by atoms with E-state index in [9.17, 15) is 10.1 Å². The Balaban J connectivity index is 2.02. The topological polar surface area (TPSA) is 89.8 Å². The summed E-state index contributed by atoms with van der Waals surface area (Å²) in [4.78, 5) is 11.0. The maximum atomic E-state index is 11.0. The van der Waals surface area contributed by atoms with Crippen molar-refractivity contribution in [3.8, 4) is 17.8 Å². The van der Waals surface area contributed by atoms with E-state index in [1.54, 1.807) is 30.3 Å². The van der Waals surface area contributed by atoms with E-state index in [1.807, 2.05) is 32.0 Å². The van der Waals surface area contributed by atoms with Crippen LogP contribution in [0.4, 0.5) is 0 Å². The first-order chi connectivity index (χ1) is 13.4. The molecule has 0 saturated heterocycles. The molecule has 0 spiro atoms. The molecule has 0 saturated carbocycles. The smallest absolute Gasteiger partial charge is 0.335 e. The molecule has 0 atom stereocenters. The van der Waals surface area contributed by atoms with Gasteiger partial charge in [0, 0.05) is 17.1 Å². The molecule has 0 aliphatic carbocycles. The zero-order chi connectivity index (χ0) is 20.3. The number of hydrogen-bond donors (Lipinski definition) is 1. The summed E-state index contributed by atoms with van der Waals surface area (Å²) in [7, 11) is 0. The van der Waals surface area contributed by atoms with Gasteiger partial charge in [-0.15, -0.1) is 0 Å². The largest absolute Gasteiger partial charge is 0.478 e.